The lowest BCUT2D eigenvalue weighted by atomic mass is 9.76. The van der Waals surface area contributed by atoms with Crippen molar-refractivity contribution < 1.29 is 9.31 Å². The Morgan fingerprint density at radius 2 is 1.92 bits per heavy atom. The molecule has 1 fully saturated rings. The van der Waals surface area contributed by atoms with Crippen molar-refractivity contribution in [3.8, 4) is 0 Å². The summed E-state index contributed by atoms with van der Waals surface area (Å²) in [5.41, 5.74) is 3.88. The Kier molecular flexibility index (Phi) is 4.19. The number of H-pyrrole nitrogens is 1. The molecular formula is C17H19BN4O2S. The standard InChI is InChI=1S/C17H19BN4O2S/c1-17(2)8-23-18(24-9-17)13-5-3-12(4-6-13)7-22-11-21-14-15(22)19-10-20-16(14)25/h3-6,10-11H,7-9H2,1-2H3,(H,19,20,25). The normalized spacial score (nSPS) is 17.1. The van der Waals surface area contributed by atoms with Crippen LogP contribution in [-0.2, 0) is 15.9 Å². The van der Waals surface area contributed by atoms with E-state index in [4.69, 9.17) is 21.5 Å². The largest absolute Gasteiger partial charge is 0.493 e. The predicted octanol–water partition coefficient (Wildman–Crippen LogP) is 2.31. The van der Waals surface area contributed by atoms with E-state index < -0.39 is 0 Å². The van der Waals surface area contributed by atoms with Gasteiger partial charge in [0, 0.05) is 18.6 Å². The van der Waals surface area contributed by atoms with Crippen LogP contribution in [0, 0.1) is 10.1 Å². The average Bonchev–Trinajstić information content (AvgIpc) is 3.00. The van der Waals surface area contributed by atoms with Gasteiger partial charge < -0.3 is 18.9 Å². The van der Waals surface area contributed by atoms with Crippen molar-refractivity contribution in [3.05, 3.63) is 47.1 Å². The number of aromatic amines is 1. The highest BCUT2D eigenvalue weighted by molar-refractivity contribution is 7.71. The summed E-state index contributed by atoms with van der Waals surface area (Å²) < 4.78 is 14.2. The molecule has 1 aromatic carbocycles. The molecule has 0 saturated carbocycles. The third-order valence-corrected chi connectivity index (χ3v) is 4.58. The topological polar surface area (TPSA) is 65.0 Å². The molecule has 0 amide bonds. The lowest BCUT2D eigenvalue weighted by molar-refractivity contribution is 0.0343. The molecule has 128 valence electrons. The van der Waals surface area contributed by atoms with E-state index in [0.29, 0.717) is 24.4 Å². The molecule has 3 heterocycles. The fraction of sp³-hybridized carbons (Fsp3) is 0.353. The highest BCUT2D eigenvalue weighted by atomic mass is 32.1. The van der Waals surface area contributed by atoms with Crippen LogP contribution in [0.1, 0.15) is 19.4 Å². The maximum absolute atomic E-state index is 5.83. The second-order valence-corrected chi connectivity index (χ2v) is 7.52. The number of aromatic nitrogens is 4. The van der Waals surface area contributed by atoms with Crippen molar-refractivity contribution in [2.45, 2.75) is 20.4 Å². The Bertz CT molecular complexity index is 941. The van der Waals surface area contributed by atoms with Crippen molar-refractivity contribution in [1.29, 1.82) is 0 Å². The monoisotopic (exact) mass is 354 g/mol. The Hall–Kier alpha value is -2.03. The molecule has 25 heavy (non-hydrogen) atoms. The zero-order valence-electron chi connectivity index (χ0n) is 14.2. The highest BCUT2D eigenvalue weighted by Crippen LogP contribution is 2.21. The zero-order valence-corrected chi connectivity index (χ0v) is 15.0. The number of hydrogen-bond acceptors (Lipinski definition) is 5. The Labute approximate surface area is 151 Å². The summed E-state index contributed by atoms with van der Waals surface area (Å²) in [7, 11) is -0.279. The predicted molar refractivity (Wildman–Crippen MR) is 99.3 cm³/mol. The van der Waals surface area contributed by atoms with Gasteiger partial charge in [-0.2, -0.15) is 0 Å². The molecule has 8 heteroatoms. The Morgan fingerprint density at radius 1 is 1.20 bits per heavy atom. The zero-order chi connectivity index (χ0) is 17.4. The summed E-state index contributed by atoms with van der Waals surface area (Å²) in [6.45, 7) is 6.39. The van der Waals surface area contributed by atoms with Crippen molar-refractivity contribution in [2.75, 3.05) is 13.2 Å². The number of hydrogen-bond donors (Lipinski definition) is 1. The van der Waals surface area contributed by atoms with Crippen LogP contribution in [0.15, 0.2) is 36.9 Å². The Morgan fingerprint density at radius 3 is 2.64 bits per heavy atom. The molecule has 4 rings (SSSR count). The molecule has 0 atom stereocenters. The first-order valence-electron chi connectivity index (χ1n) is 8.22. The van der Waals surface area contributed by atoms with Crippen LogP contribution >= 0.6 is 12.2 Å². The maximum Gasteiger partial charge on any atom is 0.493 e. The summed E-state index contributed by atoms with van der Waals surface area (Å²) in [6, 6.07) is 8.29. The van der Waals surface area contributed by atoms with Gasteiger partial charge >= 0.3 is 7.12 Å². The fourth-order valence-electron chi connectivity index (χ4n) is 2.88. The van der Waals surface area contributed by atoms with Gasteiger partial charge in [0.1, 0.15) is 11.2 Å². The summed E-state index contributed by atoms with van der Waals surface area (Å²) in [6.07, 6.45) is 3.38. The minimum absolute atomic E-state index is 0.0772. The smallest absolute Gasteiger partial charge is 0.407 e. The van der Waals surface area contributed by atoms with E-state index in [-0.39, 0.29) is 12.5 Å². The average molecular weight is 354 g/mol. The van der Waals surface area contributed by atoms with E-state index in [1.165, 1.54) is 0 Å². The number of nitrogens with zero attached hydrogens (tertiary/aromatic N) is 3. The van der Waals surface area contributed by atoms with Gasteiger partial charge in [-0.15, -0.1) is 0 Å². The number of benzene rings is 1. The van der Waals surface area contributed by atoms with E-state index in [9.17, 15) is 0 Å². The van der Waals surface area contributed by atoms with E-state index in [1.807, 2.05) is 4.57 Å². The molecule has 3 aromatic rings. The van der Waals surface area contributed by atoms with E-state index >= 15 is 0 Å². The molecule has 0 radical (unpaired) electrons. The van der Waals surface area contributed by atoms with E-state index in [0.717, 1.165) is 22.2 Å². The lowest BCUT2D eigenvalue weighted by Crippen LogP contribution is -2.47. The molecule has 1 N–H and O–H groups in total. The van der Waals surface area contributed by atoms with E-state index in [1.54, 1.807) is 12.7 Å². The first kappa shape index (κ1) is 16.4. The highest BCUT2D eigenvalue weighted by Gasteiger charge is 2.33. The van der Waals surface area contributed by atoms with Gasteiger partial charge in [0.15, 0.2) is 4.64 Å². The van der Waals surface area contributed by atoms with Gasteiger partial charge in [-0.3, -0.25) is 0 Å². The number of rotatable bonds is 3. The summed E-state index contributed by atoms with van der Waals surface area (Å²) in [4.78, 5) is 11.5. The van der Waals surface area contributed by atoms with Crippen molar-refractivity contribution in [2.24, 2.45) is 5.41 Å². The van der Waals surface area contributed by atoms with Crippen LogP contribution in [0.2, 0.25) is 0 Å². The van der Waals surface area contributed by atoms with Crippen LogP contribution in [0.25, 0.3) is 11.2 Å². The van der Waals surface area contributed by atoms with Gasteiger partial charge in [0.25, 0.3) is 0 Å². The third-order valence-electron chi connectivity index (χ3n) is 4.28. The van der Waals surface area contributed by atoms with Crippen LogP contribution in [0.5, 0.6) is 0 Å². The van der Waals surface area contributed by atoms with Gasteiger partial charge in [-0.05, 0) is 11.0 Å². The van der Waals surface area contributed by atoms with Crippen molar-refractivity contribution in [1.82, 2.24) is 19.5 Å². The van der Waals surface area contributed by atoms with Crippen LogP contribution in [0.3, 0.4) is 0 Å². The van der Waals surface area contributed by atoms with Crippen LogP contribution in [0.4, 0.5) is 0 Å². The first-order valence-corrected chi connectivity index (χ1v) is 8.63. The minimum atomic E-state index is -0.279. The van der Waals surface area contributed by atoms with Gasteiger partial charge in [-0.25, -0.2) is 9.97 Å². The fourth-order valence-corrected chi connectivity index (χ4v) is 3.09. The van der Waals surface area contributed by atoms with Crippen molar-refractivity contribution >= 4 is 36.0 Å². The SMILES string of the molecule is CC1(C)COB(c2ccc(Cn3cnc4c(=S)nc[nH]c43)cc2)OC1. The minimum Gasteiger partial charge on any atom is -0.407 e. The second-order valence-electron chi connectivity index (χ2n) is 7.14. The number of imidazole rings is 1. The molecule has 0 spiro atoms. The molecule has 1 saturated heterocycles. The molecule has 1 aliphatic rings. The molecule has 0 aliphatic carbocycles. The van der Waals surface area contributed by atoms with Crippen LogP contribution < -0.4 is 5.46 Å². The lowest BCUT2D eigenvalue weighted by Gasteiger charge is -2.33. The second kappa shape index (κ2) is 6.36. The third kappa shape index (κ3) is 3.37. The van der Waals surface area contributed by atoms with Crippen molar-refractivity contribution in [3.63, 3.8) is 0 Å². The molecule has 6 nitrogen and oxygen atoms in total. The van der Waals surface area contributed by atoms with Crippen LogP contribution in [-0.4, -0.2) is 39.9 Å². The Balaban J connectivity index is 1.51. The first-order chi connectivity index (χ1) is 12.0. The quantitative estimate of drug-likeness (QED) is 0.578. The number of fused-ring (bicyclic) bond motifs is 1. The summed E-state index contributed by atoms with van der Waals surface area (Å²) >= 11 is 5.20. The van der Waals surface area contributed by atoms with Gasteiger partial charge in [0.2, 0.25) is 0 Å². The molecule has 1 aliphatic heterocycles. The summed E-state index contributed by atoms with van der Waals surface area (Å²) in [5.74, 6) is 0. The molecular weight excluding hydrogens is 335 g/mol. The molecule has 0 bridgehead atoms. The molecule has 0 unspecified atom stereocenters. The molecule has 2 aromatic heterocycles. The maximum atomic E-state index is 5.83. The number of nitrogens with one attached hydrogen (secondary N) is 1. The van der Waals surface area contributed by atoms with Gasteiger partial charge in [0.05, 0.1) is 19.2 Å². The summed E-state index contributed by atoms with van der Waals surface area (Å²) in [5, 5.41) is 0. The van der Waals surface area contributed by atoms with E-state index in [2.05, 4.69) is 53.1 Å². The van der Waals surface area contributed by atoms with Gasteiger partial charge in [-0.1, -0.05) is 50.3 Å².